The summed E-state index contributed by atoms with van der Waals surface area (Å²) in [6.45, 7) is -3.34. The van der Waals surface area contributed by atoms with E-state index in [2.05, 4.69) is 27.2 Å². The maximum atomic E-state index is 13.9. The quantitative estimate of drug-likeness (QED) is 0.0822. The molecule has 1 aromatic rings. The van der Waals surface area contributed by atoms with Gasteiger partial charge in [0.2, 0.25) is 0 Å². The first-order valence-electron chi connectivity index (χ1n) is 11.4. The van der Waals surface area contributed by atoms with Crippen LogP contribution in [0.25, 0.3) is 0 Å². The van der Waals surface area contributed by atoms with Gasteiger partial charge in [0.25, 0.3) is 5.91 Å². The number of aliphatic hydroxyl groups excluding tert-OH is 5. The zero-order chi connectivity index (χ0) is 31.1. The predicted molar refractivity (Wildman–Crippen MR) is 139 cm³/mol. The molecule has 7 unspecified atom stereocenters. The van der Waals surface area contributed by atoms with Crippen LogP contribution >= 0.6 is 25.9 Å². The molecule has 0 aliphatic carbocycles. The van der Waals surface area contributed by atoms with Crippen molar-refractivity contribution in [3.8, 4) is 0 Å². The number of carbonyl (C=O) groups is 1. The van der Waals surface area contributed by atoms with Crippen LogP contribution in [0.3, 0.4) is 0 Å². The van der Waals surface area contributed by atoms with Crippen LogP contribution in [0.5, 0.6) is 0 Å². The van der Waals surface area contributed by atoms with Gasteiger partial charge in [-0.15, -0.1) is 17.9 Å². The van der Waals surface area contributed by atoms with Crippen molar-refractivity contribution in [1.29, 1.82) is 0 Å². The summed E-state index contributed by atoms with van der Waals surface area (Å²) in [5.41, 5.74) is 8.94. The average Bonchev–Trinajstić information content (AvgIpc) is 3.38. The van der Waals surface area contributed by atoms with E-state index < -0.39 is 94.5 Å². The Morgan fingerprint density at radius 3 is 2.44 bits per heavy atom. The molecule has 17 nitrogen and oxygen atoms in total. The number of anilines is 1. The second kappa shape index (κ2) is 12.9. The number of rotatable bonds is 12. The van der Waals surface area contributed by atoms with Crippen molar-refractivity contribution >= 4 is 49.3 Å². The number of ether oxygens (including phenoxy) is 2. The summed E-state index contributed by atoms with van der Waals surface area (Å²) in [7, 11) is -5.53. The SMILES string of the molecule is C=C[C@@]1(O)[C@H](O)[C@@H](COP(O)(=S)OP(=O)(O)OC2OC([C@@H](F)CO)C(O)C(O)C2O)O[C@H]1c1csc(C(N)=O)c1N. The fourth-order valence-electron chi connectivity index (χ4n) is 4.10. The third-order valence-electron chi connectivity index (χ3n) is 6.23. The molecule has 0 radical (unpaired) electrons. The summed E-state index contributed by atoms with van der Waals surface area (Å²) in [5, 5.41) is 61.8. The Morgan fingerprint density at radius 2 is 1.90 bits per heavy atom. The minimum atomic E-state index is -5.53. The molecule has 41 heavy (non-hydrogen) atoms. The standard InChI is InChI=1S/C19H29FN2O15P2S2/c1-2-19(29)15(27)8(34-16(19)6-5-41-14(9(6)21)17(22)28)4-33-39(32,40)37-38(30,31)36-18-12(26)10(24)11(25)13(35-18)7(20)3-23/h2,5,7-8,10-13,15-16,18,23-27,29H,1,3-4,21H2,(H2,22,28)(H,30,31)(H,32,40)/t7-,8+,10?,11?,12?,13?,15+,16-,18?,19+,39?/m0/s1. The lowest BCUT2D eigenvalue weighted by Gasteiger charge is -2.41. The van der Waals surface area contributed by atoms with Gasteiger partial charge in [-0.2, -0.15) is 0 Å². The lowest BCUT2D eigenvalue weighted by Crippen LogP contribution is -2.60. The third kappa shape index (κ3) is 7.22. The van der Waals surface area contributed by atoms with Crippen LogP contribution in [0.15, 0.2) is 18.0 Å². The molecule has 1 aromatic heterocycles. The van der Waals surface area contributed by atoms with E-state index in [4.69, 9.17) is 30.6 Å². The van der Waals surface area contributed by atoms with E-state index in [0.717, 1.165) is 17.4 Å². The number of thiophene rings is 1. The van der Waals surface area contributed by atoms with Crippen LogP contribution in [-0.4, -0.2) is 114 Å². The monoisotopic (exact) mass is 670 g/mol. The summed E-state index contributed by atoms with van der Waals surface area (Å²) in [4.78, 5) is 31.9. The van der Waals surface area contributed by atoms with E-state index >= 15 is 0 Å². The fraction of sp³-hybridized carbons (Fsp3) is 0.632. The van der Waals surface area contributed by atoms with Crippen LogP contribution in [-0.2, 0) is 39.2 Å². The van der Waals surface area contributed by atoms with Crippen LogP contribution in [0.1, 0.15) is 21.3 Å². The van der Waals surface area contributed by atoms with Crippen molar-refractivity contribution in [3.05, 3.63) is 28.5 Å². The number of carbonyl (C=O) groups excluding carboxylic acids is 1. The molecule has 2 aliphatic heterocycles. The summed E-state index contributed by atoms with van der Waals surface area (Å²) in [5.74, 6) is -0.849. The number of nitrogen functional groups attached to an aromatic ring is 1. The molecule has 1 amide bonds. The molecule has 0 aromatic carbocycles. The van der Waals surface area contributed by atoms with E-state index in [-0.39, 0.29) is 16.1 Å². The Hall–Kier alpha value is -1.00. The number of alkyl halides is 1. The van der Waals surface area contributed by atoms with Crippen molar-refractivity contribution < 1.29 is 77.0 Å². The molecular weight excluding hydrogens is 641 g/mol. The second-order valence-electron chi connectivity index (χ2n) is 8.95. The fourth-order valence-corrected chi connectivity index (χ4v) is 8.06. The van der Waals surface area contributed by atoms with Gasteiger partial charge in [0.15, 0.2) is 12.5 Å². The molecule has 0 spiro atoms. The van der Waals surface area contributed by atoms with Crippen LogP contribution in [0, 0.1) is 0 Å². The Balaban J connectivity index is 1.69. The van der Waals surface area contributed by atoms with Gasteiger partial charge in [0.05, 0.1) is 18.9 Å². The maximum absolute atomic E-state index is 13.9. The Kier molecular flexibility index (Phi) is 10.9. The molecule has 3 heterocycles. The minimum Gasteiger partial charge on any atom is -0.397 e. The summed E-state index contributed by atoms with van der Waals surface area (Å²) < 4.78 is 50.9. The molecule has 0 saturated carbocycles. The minimum absolute atomic E-state index is 0.0408. The molecule has 2 fully saturated rings. The van der Waals surface area contributed by atoms with Gasteiger partial charge in [-0.3, -0.25) is 9.32 Å². The molecule has 3 rings (SSSR count). The van der Waals surface area contributed by atoms with E-state index in [1.807, 2.05) is 0 Å². The summed E-state index contributed by atoms with van der Waals surface area (Å²) >= 11 is 5.54. The lowest BCUT2D eigenvalue weighted by atomic mass is 9.87. The largest absolute Gasteiger partial charge is 0.481 e. The zero-order valence-corrected chi connectivity index (χ0v) is 24.1. The number of phosphoric ester groups is 1. The van der Waals surface area contributed by atoms with Gasteiger partial charge in [-0.25, -0.2) is 13.3 Å². The number of hydrogen-bond acceptors (Lipinski definition) is 16. The van der Waals surface area contributed by atoms with E-state index in [1.54, 1.807) is 0 Å². The van der Waals surface area contributed by atoms with Crippen molar-refractivity contribution in [3.63, 3.8) is 0 Å². The smallest absolute Gasteiger partial charge is 0.397 e. The Bertz CT molecular complexity index is 1230. The molecule has 2 aliphatic rings. The Labute approximate surface area is 240 Å². The number of aliphatic hydroxyl groups is 6. The average molecular weight is 671 g/mol. The predicted octanol–water partition coefficient (Wildman–Crippen LogP) is -2.35. The number of nitrogens with two attached hydrogens (primary N) is 2. The topological polar surface area (TPSA) is 294 Å². The number of halogens is 1. The highest BCUT2D eigenvalue weighted by atomic mass is 32.5. The van der Waals surface area contributed by atoms with Gasteiger partial charge >= 0.3 is 14.5 Å². The van der Waals surface area contributed by atoms with Crippen LogP contribution in [0.2, 0.25) is 0 Å². The first-order chi connectivity index (χ1) is 18.9. The number of hydrogen-bond donors (Lipinski definition) is 10. The van der Waals surface area contributed by atoms with Gasteiger partial charge in [-0.05, 0) is 17.2 Å². The van der Waals surface area contributed by atoms with Crippen molar-refractivity contribution in [1.82, 2.24) is 0 Å². The Morgan fingerprint density at radius 1 is 1.27 bits per heavy atom. The van der Waals surface area contributed by atoms with Gasteiger partial charge in [0.1, 0.15) is 53.2 Å². The van der Waals surface area contributed by atoms with Crippen molar-refractivity contribution in [2.24, 2.45) is 5.73 Å². The third-order valence-corrected chi connectivity index (χ3v) is 10.8. The van der Waals surface area contributed by atoms with Gasteiger partial charge < -0.3 is 65.9 Å². The van der Waals surface area contributed by atoms with E-state index in [9.17, 15) is 49.1 Å². The second-order valence-corrected chi connectivity index (χ2v) is 14.2. The number of phosphoric acid groups is 1. The molecule has 0 bridgehead atoms. The first-order valence-corrected chi connectivity index (χ1v) is 16.4. The van der Waals surface area contributed by atoms with Crippen molar-refractivity contribution in [2.75, 3.05) is 18.9 Å². The van der Waals surface area contributed by atoms with Gasteiger partial charge in [0, 0.05) is 5.56 Å². The lowest BCUT2D eigenvalue weighted by molar-refractivity contribution is -0.287. The van der Waals surface area contributed by atoms with Crippen LogP contribution in [0.4, 0.5) is 10.1 Å². The van der Waals surface area contributed by atoms with Crippen LogP contribution < -0.4 is 11.5 Å². The molecule has 12 atom stereocenters. The summed E-state index contributed by atoms with van der Waals surface area (Å²) in [6.07, 6.45) is -16.8. The normalized spacial score (nSPS) is 37.7. The number of amides is 1. The zero-order valence-electron chi connectivity index (χ0n) is 20.7. The van der Waals surface area contributed by atoms with Crippen molar-refractivity contribution in [2.45, 2.75) is 60.8 Å². The number of primary amides is 1. The molecule has 12 N–H and O–H groups in total. The highest BCUT2D eigenvalue weighted by Crippen LogP contribution is 2.62. The molecular formula is C19H29FN2O15P2S2. The molecule has 2 saturated heterocycles. The van der Waals surface area contributed by atoms with E-state index in [0.29, 0.717) is 0 Å². The highest BCUT2D eigenvalue weighted by molar-refractivity contribution is 8.08. The maximum Gasteiger partial charge on any atom is 0.481 e. The highest BCUT2D eigenvalue weighted by Gasteiger charge is 2.56. The van der Waals surface area contributed by atoms with E-state index in [1.165, 1.54) is 5.38 Å². The molecule has 22 heteroatoms. The summed E-state index contributed by atoms with van der Waals surface area (Å²) in [6, 6.07) is 0. The molecule has 234 valence electrons. The first kappa shape index (κ1) is 34.5. The van der Waals surface area contributed by atoms with Gasteiger partial charge in [-0.1, -0.05) is 6.08 Å².